The predicted octanol–water partition coefficient (Wildman–Crippen LogP) is 0.490. The molecule has 2 fully saturated rings. The molecule has 0 aromatic heterocycles. The molecular formula is C31H34FNO13. The summed E-state index contributed by atoms with van der Waals surface area (Å²) < 4.78 is 36.6. The topological polar surface area (TPSA) is 212 Å². The Morgan fingerprint density at radius 1 is 1.15 bits per heavy atom. The van der Waals surface area contributed by atoms with Gasteiger partial charge in [0.2, 0.25) is 12.1 Å². The standard InChI is InChI=1S/C31H34FNO13/c1-13-26(36)17(33(42)6-7-44-21(11-33)43-2)8-20(45-13)46-18-10-31(41,19(35)12-34)9-15-23(18)30(40)25-24(28(15)38)27(37)14-4-3-5-16(32)22(14)29(25)39/h3-5,13,17-18,20-21,26,34,36,38,40-41H,6-12H2,1-2H3/t13-,17?,18-,20-,21-,26+,31-,33?/m0/s1. The van der Waals surface area contributed by atoms with E-state index in [9.17, 15) is 49.5 Å². The van der Waals surface area contributed by atoms with Gasteiger partial charge < -0.3 is 54.3 Å². The molecule has 0 saturated carbocycles. The highest BCUT2D eigenvalue weighted by atomic mass is 19.1. The lowest BCUT2D eigenvalue weighted by atomic mass is 9.72. The van der Waals surface area contributed by atoms with E-state index in [1.54, 1.807) is 0 Å². The number of Topliss-reactive ketones (excluding diaryl/α,β-unsaturated/α-hetero) is 1. The van der Waals surface area contributed by atoms with Gasteiger partial charge in [-0.1, -0.05) is 12.1 Å². The summed E-state index contributed by atoms with van der Waals surface area (Å²) in [5.41, 5.74) is -5.19. The molecule has 0 radical (unpaired) electrons. The first kappa shape index (κ1) is 32.6. The predicted molar refractivity (Wildman–Crippen MR) is 151 cm³/mol. The molecule has 5 N–H and O–H groups in total. The van der Waals surface area contributed by atoms with Gasteiger partial charge in [-0.2, -0.15) is 0 Å². The third-order valence-corrected chi connectivity index (χ3v) is 9.60. The van der Waals surface area contributed by atoms with Gasteiger partial charge in [0.05, 0.1) is 41.9 Å². The number of carbonyl (C=O) groups excluding carboxylic acids is 3. The number of ether oxygens (including phenoxy) is 4. The number of benzene rings is 2. The molecule has 0 bridgehead atoms. The lowest BCUT2D eigenvalue weighted by Crippen LogP contribution is -2.67. The summed E-state index contributed by atoms with van der Waals surface area (Å²) in [5.74, 6) is -5.77. The highest BCUT2D eigenvalue weighted by Gasteiger charge is 2.52. The number of hydrogen-bond donors (Lipinski definition) is 5. The highest BCUT2D eigenvalue weighted by Crippen LogP contribution is 2.52. The van der Waals surface area contributed by atoms with E-state index >= 15 is 0 Å². The zero-order valence-electron chi connectivity index (χ0n) is 25.0. The Bertz CT molecular complexity index is 1620. The second-order valence-corrected chi connectivity index (χ2v) is 12.2. The molecule has 2 aromatic rings. The molecule has 46 heavy (non-hydrogen) atoms. The molecule has 8 atom stereocenters. The van der Waals surface area contributed by atoms with Crippen LogP contribution in [-0.2, 0) is 30.2 Å². The number of halogens is 1. The third-order valence-electron chi connectivity index (χ3n) is 9.60. The Hall–Kier alpha value is -3.38. The Labute approximate surface area is 261 Å². The number of phenols is 2. The number of fused-ring (bicyclic) bond motifs is 3. The van der Waals surface area contributed by atoms with Gasteiger partial charge in [0, 0.05) is 36.6 Å². The average Bonchev–Trinajstić information content (AvgIpc) is 3.02. The fourth-order valence-corrected chi connectivity index (χ4v) is 7.16. The smallest absolute Gasteiger partial charge is 0.207 e. The molecule has 15 heteroatoms. The van der Waals surface area contributed by atoms with Crippen LogP contribution in [0.5, 0.6) is 11.5 Å². The van der Waals surface area contributed by atoms with E-state index in [-0.39, 0.29) is 42.8 Å². The number of carbonyl (C=O) groups is 3. The molecule has 2 saturated heterocycles. The number of rotatable bonds is 6. The SMILES string of the molecule is CO[C@@H]1C[N+]([O-])(C2C[C@H](O[C@H]3C[C@](O)(C(=O)CO)Cc4c(O)c5c(c(O)c43)C(=O)c3c(F)cccc3C5=O)O[C@@H](C)[C@H]2O)CCO1. The summed E-state index contributed by atoms with van der Waals surface area (Å²) in [5, 5.41) is 69.0. The van der Waals surface area contributed by atoms with Crippen LogP contribution in [0.4, 0.5) is 4.39 Å². The van der Waals surface area contributed by atoms with Crippen molar-refractivity contribution in [2.24, 2.45) is 0 Å². The maximum absolute atomic E-state index is 14.8. The van der Waals surface area contributed by atoms with Crippen molar-refractivity contribution >= 4 is 17.3 Å². The van der Waals surface area contributed by atoms with Crippen molar-refractivity contribution in [3.05, 3.63) is 62.6 Å². The van der Waals surface area contributed by atoms with Crippen LogP contribution in [-0.4, -0.2) is 117 Å². The van der Waals surface area contributed by atoms with Crippen molar-refractivity contribution in [2.45, 2.75) is 68.7 Å². The van der Waals surface area contributed by atoms with Crippen molar-refractivity contribution < 1.29 is 67.9 Å². The molecule has 4 aliphatic rings. The van der Waals surface area contributed by atoms with E-state index in [2.05, 4.69) is 0 Å². The van der Waals surface area contributed by atoms with Gasteiger partial charge in [-0.3, -0.25) is 14.4 Å². The van der Waals surface area contributed by atoms with Crippen LogP contribution in [0.1, 0.15) is 68.8 Å². The maximum Gasteiger partial charge on any atom is 0.207 e. The van der Waals surface area contributed by atoms with Gasteiger partial charge in [-0.15, -0.1) is 0 Å². The van der Waals surface area contributed by atoms with Crippen LogP contribution >= 0.6 is 0 Å². The minimum atomic E-state index is -2.36. The van der Waals surface area contributed by atoms with Crippen molar-refractivity contribution in [2.75, 3.05) is 33.4 Å². The summed E-state index contributed by atoms with van der Waals surface area (Å²) in [4.78, 5) is 39.8. The van der Waals surface area contributed by atoms with Crippen molar-refractivity contribution in [1.82, 2.24) is 0 Å². The van der Waals surface area contributed by atoms with E-state index in [1.807, 2.05) is 0 Å². The van der Waals surface area contributed by atoms with Gasteiger partial charge >= 0.3 is 0 Å². The fourth-order valence-electron chi connectivity index (χ4n) is 7.16. The van der Waals surface area contributed by atoms with E-state index in [1.165, 1.54) is 26.2 Å². The van der Waals surface area contributed by atoms with Crippen LogP contribution in [0.3, 0.4) is 0 Å². The molecule has 2 aliphatic carbocycles. The van der Waals surface area contributed by atoms with Crippen LogP contribution < -0.4 is 0 Å². The monoisotopic (exact) mass is 647 g/mol. The number of hydroxylamine groups is 3. The molecule has 0 spiro atoms. The number of morpholine rings is 1. The Balaban J connectivity index is 1.43. The number of aliphatic hydroxyl groups excluding tert-OH is 2. The third kappa shape index (κ3) is 5.03. The highest BCUT2D eigenvalue weighted by molar-refractivity contribution is 6.30. The summed E-state index contributed by atoms with van der Waals surface area (Å²) in [6, 6.07) is 2.37. The van der Waals surface area contributed by atoms with Gasteiger partial charge in [0.1, 0.15) is 54.8 Å². The van der Waals surface area contributed by atoms with Crippen LogP contribution in [0.25, 0.3) is 0 Å². The summed E-state index contributed by atoms with van der Waals surface area (Å²) in [6.45, 7) is 0.345. The lowest BCUT2D eigenvalue weighted by molar-refractivity contribution is -0.926. The fraction of sp³-hybridized carbons (Fsp3) is 0.516. The van der Waals surface area contributed by atoms with Crippen molar-refractivity contribution in [1.29, 1.82) is 0 Å². The summed E-state index contributed by atoms with van der Waals surface area (Å²) in [7, 11) is 1.39. The van der Waals surface area contributed by atoms with Crippen LogP contribution in [0, 0.1) is 11.0 Å². The second kappa shape index (κ2) is 11.7. The Morgan fingerprint density at radius 2 is 1.87 bits per heavy atom. The normalized spacial score (nSPS) is 34.1. The number of methoxy groups -OCH3 is 1. The number of nitrogens with zero attached hydrogens (tertiary/aromatic N) is 1. The maximum atomic E-state index is 14.8. The zero-order valence-corrected chi connectivity index (χ0v) is 25.0. The quantitative estimate of drug-likeness (QED) is 0.140. The van der Waals surface area contributed by atoms with E-state index in [4.69, 9.17) is 18.9 Å². The number of aliphatic hydroxyl groups is 3. The molecule has 2 unspecified atom stereocenters. The second-order valence-electron chi connectivity index (χ2n) is 12.2. The number of hydrogen-bond acceptors (Lipinski definition) is 13. The van der Waals surface area contributed by atoms with E-state index in [0.717, 1.165) is 6.07 Å². The molecule has 248 valence electrons. The Morgan fingerprint density at radius 3 is 2.57 bits per heavy atom. The van der Waals surface area contributed by atoms with Gasteiger partial charge in [0.15, 0.2) is 17.9 Å². The molecule has 14 nitrogen and oxygen atoms in total. The van der Waals surface area contributed by atoms with Gasteiger partial charge in [-0.25, -0.2) is 4.39 Å². The minimum absolute atomic E-state index is 0.00693. The molecular weight excluding hydrogens is 613 g/mol. The summed E-state index contributed by atoms with van der Waals surface area (Å²) >= 11 is 0. The summed E-state index contributed by atoms with van der Waals surface area (Å²) in [6.07, 6.45) is -7.27. The molecule has 6 rings (SSSR count). The first-order valence-corrected chi connectivity index (χ1v) is 14.8. The van der Waals surface area contributed by atoms with Gasteiger partial charge in [0.25, 0.3) is 0 Å². The van der Waals surface area contributed by atoms with E-state index < -0.39 is 118 Å². The van der Waals surface area contributed by atoms with Crippen molar-refractivity contribution in [3.8, 4) is 11.5 Å². The molecule has 2 heterocycles. The van der Waals surface area contributed by atoms with Crippen LogP contribution in [0.15, 0.2) is 18.2 Å². The minimum Gasteiger partial charge on any atom is -0.632 e. The van der Waals surface area contributed by atoms with Crippen molar-refractivity contribution in [3.63, 3.8) is 0 Å². The molecule has 0 amide bonds. The van der Waals surface area contributed by atoms with E-state index in [0.29, 0.717) is 0 Å². The molecule has 2 aromatic carbocycles. The van der Waals surface area contributed by atoms with Gasteiger partial charge in [-0.05, 0) is 13.0 Å². The zero-order chi connectivity index (χ0) is 33.3. The molecule has 2 aliphatic heterocycles. The number of quaternary nitrogens is 1. The average molecular weight is 648 g/mol. The number of aromatic hydroxyl groups is 2. The van der Waals surface area contributed by atoms with Crippen LogP contribution in [0.2, 0.25) is 0 Å². The first-order valence-electron chi connectivity index (χ1n) is 14.8. The first-order chi connectivity index (χ1) is 21.7. The largest absolute Gasteiger partial charge is 0.632 e. The Kier molecular flexibility index (Phi) is 8.28. The lowest BCUT2D eigenvalue weighted by Gasteiger charge is -2.56. The number of ketones is 3. The number of phenolic OH excluding ortho intramolecular Hbond substituents is 2.